The first-order chi connectivity index (χ1) is 4.34. The molecule has 0 atom stereocenters. The van der Waals surface area contributed by atoms with E-state index in [1.54, 1.807) is 24.3 Å². The Labute approximate surface area is 53.1 Å². The molecular formula is C6H8N2O. The van der Waals surface area contributed by atoms with E-state index in [-0.39, 0.29) is 0 Å². The summed E-state index contributed by atoms with van der Waals surface area (Å²) in [5, 5.41) is 8.39. The highest BCUT2D eigenvalue weighted by atomic mass is 16.5. The molecule has 9 heavy (non-hydrogen) atoms. The summed E-state index contributed by atoms with van der Waals surface area (Å²) in [6.07, 6.45) is 0. The van der Waals surface area contributed by atoms with E-state index in [2.05, 4.69) is 0 Å². The number of hydrogen-bond acceptors (Lipinski definition) is 3. The van der Waals surface area contributed by atoms with Gasteiger partial charge in [-0.15, -0.1) is 0 Å². The van der Waals surface area contributed by atoms with Crippen molar-refractivity contribution in [3.05, 3.63) is 24.3 Å². The SMILES string of the molecule is Nc1ccccc1NO. The van der Waals surface area contributed by atoms with Crippen LogP contribution in [0.15, 0.2) is 24.3 Å². The molecule has 4 N–H and O–H groups in total. The number of nitrogens with two attached hydrogens (primary N) is 1. The maximum Gasteiger partial charge on any atom is 0.0831 e. The van der Waals surface area contributed by atoms with Crippen molar-refractivity contribution in [2.24, 2.45) is 0 Å². The van der Waals surface area contributed by atoms with E-state index in [0.717, 1.165) is 0 Å². The molecule has 0 aromatic heterocycles. The number of anilines is 2. The van der Waals surface area contributed by atoms with Gasteiger partial charge in [0.25, 0.3) is 0 Å². The zero-order valence-electron chi connectivity index (χ0n) is 4.83. The molecule has 0 saturated carbocycles. The molecule has 0 amide bonds. The molecule has 0 aliphatic carbocycles. The van der Waals surface area contributed by atoms with Crippen LogP contribution in [0, 0.1) is 0 Å². The Morgan fingerprint density at radius 1 is 1.33 bits per heavy atom. The van der Waals surface area contributed by atoms with Crippen LogP contribution in [0.3, 0.4) is 0 Å². The summed E-state index contributed by atoms with van der Waals surface area (Å²) in [7, 11) is 0. The first-order valence-electron chi connectivity index (χ1n) is 2.59. The highest BCUT2D eigenvalue weighted by Gasteiger charge is 1.90. The van der Waals surface area contributed by atoms with Crippen molar-refractivity contribution < 1.29 is 5.21 Å². The second-order valence-electron chi connectivity index (χ2n) is 1.70. The average Bonchev–Trinajstić information content (AvgIpc) is 1.89. The van der Waals surface area contributed by atoms with Gasteiger partial charge in [-0.1, -0.05) is 12.1 Å². The van der Waals surface area contributed by atoms with Crippen LogP contribution in [0.2, 0.25) is 0 Å². The normalized spacial score (nSPS) is 9.00. The summed E-state index contributed by atoms with van der Waals surface area (Å²) in [4.78, 5) is 0. The summed E-state index contributed by atoms with van der Waals surface area (Å²) in [6.45, 7) is 0. The molecule has 0 spiro atoms. The Morgan fingerprint density at radius 3 is 2.44 bits per heavy atom. The van der Waals surface area contributed by atoms with E-state index < -0.39 is 0 Å². The van der Waals surface area contributed by atoms with Gasteiger partial charge in [0, 0.05) is 0 Å². The lowest BCUT2D eigenvalue weighted by atomic mass is 10.3. The maximum atomic E-state index is 8.39. The second kappa shape index (κ2) is 2.37. The average molecular weight is 124 g/mol. The van der Waals surface area contributed by atoms with E-state index in [9.17, 15) is 0 Å². The number of hydrogen-bond donors (Lipinski definition) is 3. The predicted octanol–water partition coefficient (Wildman–Crippen LogP) is 1.07. The number of nitrogens with one attached hydrogen (secondary N) is 1. The summed E-state index contributed by atoms with van der Waals surface area (Å²) in [5.74, 6) is 0. The lowest BCUT2D eigenvalue weighted by Crippen LogP contribution is -1.94. The van der Waals surface area contributed by atoms with Crippen LogP contribution in [-0.4, -0.2) is 5.21 Å². The summed E-state index contributed by atoms with van der Waals surface area (Å²) in [5.41, 5.74) is 8.46. The summed E-state index contributed by atoms with van der Waals surface area (Å²) in [6, 6.07) is 6.99. The number of benzene rings is 1. The predicted molar refractivity (Wildman–Crippen MR) is 36.3 cm³/mol. The lowest BCUT2D eigenvalue weighted by Gasteiger charge is -1.99. The van der Waals surface area contributed by atoms with Crippen molar-refractivity contribution in [2.75, 3.05) is 11.2 Å². The van der Waals surface area contributed by atoms with Crippen LogP contribution in [0.5, 0.6) is 0 Å². The highest BCUT2D eigenvalue weighted by molar-refractivity contribution is 5.64. The molecule has 0 aliphatic heterocycles. The van der Waals surface area contributed by atoms with E-state index >= 15 is 0 Å². The van der Waals surface area contributed by atoms with E-state index in [4.69, 9.17) is 10.9 Å². The standard InChI is InChI=1S/C6H8N2O/c7-5-3-1-2-4-6(5)8-9/h1-4,8-9H,7H2. The van der Waals surface area contributed by atoms with Gasteiger partial charge >= 0.3 is 0 Å². The van der Waals surface area contributed by atoms with Crippen molar-refractivity contribution >= 4 is 11.4 Å². The van der Waals surface area contributed by atoms with Gasteiger partial charge < -0.3 is 5.73 Å². The lowest BCUT2D eigenvalue weighted by molar-refractivity contribution is 0.389. The zero-order valence-corrected chi connectivity index (χ0v) is 4.83. The minimum atomic E-state index is 0.539. The molecule has 0 saturated heterocycles. The third-order valence-corrected chi connectivity index (χ3v) is 1.08. The quantitative estimate of drug-likeness (QED) is 0.387. The van der Waals surface area contributed by atoms with Crippen LogP contribution in [0.1, 0.15) is 0 Å². The molecule has 0 bridgehead atoms. The van der Waals surface area contributed by atoms with Crippen molar-refractivity contribution in [3.8, 4) is 0 Å². The van der Waals surface area contributed by atoms with Gasteiger partial charge in [-0.25, -0.2) is 0 Å². The third kappa shape index (κ3) is 1.12. The topological polar surface area (TPSA) is 58.3 Å². The largest absolute Gasteiger partial charge is 0.397 e. The van der Waals surface area contributed by atoms with Gasteiger partial charge in [-0.3, -0.25) is 10.7 Å². The van der Waals surface area contributed by atoms with E-state index in [1.165, 1.54) is 0 Å². The number of para-hydroxylation sites is 2. The molecule has 0 unspecified atom stereocenters. The molecule has 1 aromatic rings. The third-order valence-electron chi connectivity index (χ3n) is 1.08. The Hall–Kier alpha value is -1.22. The van der Waals surface area contributed by atoms with Crippen LogP contribution < -0.4 is 11.2 Å². The molecule has 3 heteroatoms. The fraction of sp³-hybridized carbons (Fsp3) is 0. The van der Waals surface area contributed by atoms with Crippen LogP contribution in [0.4, 0.5) is 11.4 Å². The number of rotatable bonds is 1. The first-order valence-corrected chi connectivity index (χ1v) is 2.59. The zero-order chi connectivity index (χ0) is 6.69. The van der Waals surface area contributed by atoms with Crippen molar-refractivity contribution in [3.63, 3.8) is 0 Å². The molecule has 3 nitrogen and oxygen atoms in total. The Bertz CT molecular complexity index is 200. The van der Waals surface area contributed by atoms with E-state index in [0.29, 0.717) is 11.4 Å². The van der Waals surface area contributed by atoms with Crippen LogP contribution in [-0.2, 0) is 0 Å². The molecule has 0 radical (unpaired) electrons. The van der Waals surface area contributed by atoms with Gasteiger partial charge in [0.05, 0.1) is 11.4 Å². The minimum Gasteiger partial charge on any atom is -0.397 e. The molecule has 1 aromatic carbocycles. The maximum absolute atomic E-state index is 8.39. The molecule has 48 valence electrons. The summed E-state index contributed by atoms with van der Waals surface area (Å²) >= 11 is 0. The Kier molecular flexibility index (Phi) is 1.55. The first kappa shape index (κ1) is 5.91. The molecular weight excluding hydrogens is 116 g/mol. The second-order valence-corrected chi connectivity index (χ2v) is 1.70. The van der Waals surface area contributed by atoms with Crippen molar-refractivity contribution in [2.45, 2.75) is 0 Å². The fourth-order valence-electron chi connectivity index (χ4n) is 0.599. The molecule has 0 heterocycles. The minimum absolute atomic E-state index is 0.539. The molecule has 0 fully saturated rings. The van der Waals surface area contributed by atoms with Crippen molar-refractivity contribution in [1.29, 1.82) is 0 Å². The smallest absolute Gasteiger partial charge is 0.0831 e. The number of nitrogen functional groups attached to an aromatic ring is 1. The highest BCUT2D eigenvalue weighted by Crippen LogP contribution is 2.14. The fourth-order valence-corrected chi connectivity index (χ4v) is 0.599. The van der Waals surface area contributed by atoms with Gasteiger partial charge in [0.2, 0.25) is 0 Å². The summed E-state index contributed by atoms with van der Waals surface area (Å²) < 4.78 is 0. The van der Waals surface area contributed by atoms with E-state index in [1.807, 2.05) is 5.48 Å². The van der Waals surface area contributed by atoms with Gasteiger partial charge in [0.1, 0.15) is 0 Å². The Morgan fingerprint density at radius 2 is 2.00 bits per heavy atom. The van der Waals surface area contributed by atoms with Gasteiger partial charge in [-0.2, -0.15) is 0 Å². The van der Waals surface area contributed by atoms with Crippen LogP contribution in [0.25, 0.3) is 0 Å². The van der Waals surface area contributed by atoms with Gasteiger partial charge in [-0.05, 0) is 12.1 Å². The van der Waals surface area contributed by atoms with Crippen LogP contribution >= 0.6 is 0 Å². The molecule has 0 aliphatic rings. The Balaban J connectivity index is 3.01. The monoisotopic (exact) mass is 124 g/mol. The van der Waals surface area contributed by atoms with Gasteiger partial charge in [0.15, 0.2) is 0 Å². The van der Waals surface area contributed by atoms with Crippen molar-refractivity contribution in [1.82, 2.24) is 0 Å². The molecule has 1 rings (SSSR count).